The summed E-state index contributed by atoms with van der Waals surface area (Å²) in [7, 11) is 0. The van der Waals surface area contributed by atoms with Gasteiger partial charge in [-0.2, -0.15) is 0 Å². The Morgan fingerprint density at radius 2 is 1.60 bits per heavy atom. The van der Waals surface area contributed by atoms with E-state index in [2.05, 4.69) is 0 Å². The number of aliphatic hydroxyl groups excluding tert-OH is 5. The van der Waals surface area contributed by atoms with Crippen molar-refractivity contribution in [3.8, 4) is 11.1 Å². The van der Waals surface area contributed by atoms with Crippen molar-refractivity contribution in [3.05, 3.63) is 59.7 Å². The van der Waals surface area contributed by atoms with E-state index in [4.69, 9.17) is 4.74 Å². The summed E-state index contributed by atoms with van der Waals surface area (Å²) in [6, 6.07) is 14.7. The Labute approximate surface area is 145 Å². The Kier molecular flexibility index (Phi) is 5.48. The molecule has 1 fully saturated rings. The average Bonchev–Trinajstić information content (AvgIpc) is 2.66. The van der Waals surface area contributed by atoms with Crippen LogP contribution >= 0.6 is 0 Å². The first-order valence-electron chi connectivity index (χ1n) is 8.16. The van der Waals surface area contributed by atoms with Crippen LogP contribution in [0.5, 0.6) is 0 Å². The van der Waals surface area contributed by atoms with Gasteiger partial charge in [0.15, 0.2) is 0 Å². The third-order valence-corrected chi connectivity index (χ3v) is 4.61. The van der Waals surface area contributed by atoms with Crippen molar-refractivity contribution in [2.75, 3.05) is 6.61 Å². The van der Waals surface area contributed by atoms with Crippen LogP contribution in [0.2, 0.25) is 0 Å². The van der Waals surface area contributed by atoms with E-state index >= 15 is 0 Å². The van der Waals surface area contributed by atoms with E-state index < -0.39 is 37.1 Å². The number of benzene rings is 2. The highest BCUT2D eigenvalue weighted by atomic mass is 16.5. The second kappa shape index (κ2) is 7.61. The average molecular weight is 346 g/mol. The lowest BCUT2D eigenvalue weighted by Crippen LogP contribution is -2.55. The molecule has 6 heteroatoms. The molecule has 5 unspecified atom stereocenters. The van der Waals surface area contributed by atoms with Crippen LogP contribution in [0.1, 0.15) is 17.2 Å². The molecule has 1 aliphatic rings. The molecule has 0 aliphatic carbocycles. The fourth-order valence-electron chi connectivity index (χ4n) is 3.20. The van der Waals surface area contributed by atoms with Gasteiger partial charge in [-0.3, -0.25) is 0 Å². The van der Waals surface area contributed by atoms with Crippen molar-refractivity contribution in [3.63, 3.8) is 0 Å². The van der Waals surface area contributed by atoms with Gasteiger partial charge >= 0.3 is 0 Å². The molecule has 6 nitrogen and oxygen atoms in total. The van der Waals surface area contributed by atoms with Gasteiger partial charge < -0.3 is 30.3 Å². The van der Waals surface area contributed by atoms with E-state index in [0.29, 0.717) is 5.56 Å². The van der Waals surface area contributed by atoms with Gasteiger partial charge in [0.2, 0.25) is 0 Å². The maximum absolute atomic E-state index is 10.3. The summed E-state index contributed by atoms with van der Waals surface area (Å²) in [6.07, 6.45) is -5.94. The molecule has 2 aromatic rings. The molecule has 5 atom stereocenters. The minimum atomic E-state index is -1.41. The maximum atomic E-state index is 10.3. The maximum Gasteiger partial charge on any atom is 0.113 e. The van der Waals surface area contributed by atoms with E-state index in [1.807, 2.05) is 30.3 Å². The fraction of sp³-hybridized carbons (Fsp3) is 0.368. The molecule has 1 saturated heterocycles. The molecule has 2 aromatic carbocycles. The van der Waals surface area contributed by atoms with E-state index in [1.54, 1.807) is 18.2 Å². The Hall–Kier alpha value is -1.80. The highest BCUT2D eigenvalue weighted by molar-refractivity contribution is 5.68. The summed E-state index contributed by atoms with van der Waals surface area (Å²) in [6.45, 7) is -0.561. The van der Waals surface area contributed by atoms with Gasteiger partial charge in [-0.25, -0.2) is 0 Å². The molecule has 0 spiro atoms. The monoisotopic (exact) mass is 346 g/mol. The van der Waals surface area contributed by atoms with E-state index in [-0.39, 0.29) is 6.61 Å². The van der Waals surface area contributed by atoms with Crippen molar-refractivity contribution in [2.24, 2.45) is 0 Å². The first-order chi connectivity index (χ1) is 12.1. The summed E-state index contributed by atoms with van der Waals surface area (Å²) in [4.78, 5) is 0. The van der Waals surface area contributed by atoms with Crippen LogP contribution in [0.15, 0.2) is 48.5 Å². The second-order valence-electron chi connectivity index (χ2n) is 6.19. The molecule has 25 heavy (non-hydrogen) atoms. The van der Waals surface area contributed by atoms with Gasteiger partial charge in [-0.05, 0) is 28.3 Å². The summed E-state index contributed by atoms with van der Waals surface area (Å²) in [5, 5.41) is 49.0. The third-order valence-electron chi connectivity index (χ3n) is 4.61. The van der Waals surface area contributed by atoms with Gasteiger partial charge in [-0.15, -0.1) is 0 Å². The topological polar surface area (TPSA) is 110 Å². The molecule has 0 aromatic heterocycles. The van der Waals surface area contributed by atoms with Crippen LogP contribution in [-0.4, -0.2) is 56.6 Å². The lowest BCUT2D eigenvalue weighted by Gasteiger charge is -2.40. The molecule has 134 valence electrons. The van der Waals surface area contributed by atoms with Crippen molar-refractivity contribution in [1.29, 1.82) is 0 Å². The molecular weight excluding hydrogens is 324 g/mol. The third kappa shape index (κ3) is 3.46. The quantitative estimate of drug-likeness (QED) is 0.547. The summed E-state index contributed by atoms with van der Waals surface area (Å²) in [5.74, 6) is 0. The lowest BCUT2D eigenvalue weighted by atomic mass is 9.89. The zero-order chi connectivity index (χ0) is 18.0. The van der Waals surface area contributed by atoms with Gasteiger partial charge in [0.1, 0.15) is 30.5 Å². The largest absolute Gasteiger partial charge is 0.394 e. The second-order valence-corrected chi connectivity index (χ2v) is 6.19. The van der Waals surface area contributed by atoms with E-state index in [1.165, 1.54) is 0 Å². The van der Waals surface area contributed by atoms with Crippen LogP contribution in [0.4, 0.5) is 0 Å². The smallest absolute Gasteiger partial charge is 0.113 e. The first kappa shape index (κ1) is 18.0. The molecule has 1 aliphatic heterocycles. The number of hydrogen-bond donors (Lipinski definition) is 5. The normalized spacial score (nSPS) is 29.6. The van der Waals surface area contributed by atoms with Gasteiger partial charge in [0, 0.05) is 0 Å². The molecule has 0 bridgehead atoms. The molecule has 3 rings (SSSR count). The summed E-state index contributed by atoms with van der Waals surface area (Å²) in [5.41, 5.74) is 3.08. The first-order valence-corrected chi connectivity index (χ1v) is 8.16. The van der Waals surface area contributed by atoms with E-state index in [0.717, 1.165) is 16.7 Å². The van der Waals surface area contributed by atoms with Crippen molar-refractivity contribution in [2.45, 2.75) is 37.1 Å². The van der Waals surface area contributed by atoms with Crippen LogP contribution in [0.3, 0.4) is 0 Å². The zero-order valence-electron chi connectivity index (χ0n) is 13.6. The number of rotatable bonds is 4. The van der Waals surface area contributed by atoms with Gasteiger partial charge in [0.05, 0.1) is 13.2 Å². The van der Waals surface area contributed by atoms with Gasteiger partial charge in [0.25, 0.3) is 0 Å². The Balaban J connectivity index is 1.96. The van der Waals surface area contributed by atoms with Crippen molar-refractivity contribution >= 4 is 0 Å². The SMILES string of the molecule is OCc1ccccc1-c1cccc(C2OC(CO)C(O)C(O)C2O)c1. The van der Waals surface area contributed by atoms with Crippen LogP contribution in [0, 0.1) is 0 Å². The van der Waals surface area contributed by atoms with E-state index in [9.17, 15) is 25.5 Å². The highest BCUT2D eigenvalue weighted by Crippen LogP contribution is 2.34. The minimum Gasteiger partial charge on any atom is -0.394 e. The van der Waals surface area contributed by atoms with Crippen LogP contribution in [0.25, 0.3) is 11.1 Å². The minimum absolute atomic E-state index is 0.0968. The Bertz CT molecular complexity index is 717. The van der Waals surface area contributed by atoms with Crippen molar-refractivity contribution in [1.82, 2.24) is 0 Å². The fourth-order valence-corrected chi connectivity index (χ4v) is 3.20. The number of aliphatic hydroxyl groups is 5. The predicted molar refractivity (Wildman–Crippen MR) is 90.5 cm³/mol. The standard InChI is InChI=1S/C19H22O6/c20-9-13-4-1-2-7-14(13)11-5-3-6-12(8-11)19-18(24)17(23)16(22)15(10-21)25-19/h1-8,15-24H,9-10H2. The van der Waals surface area contributed by atoms with Crippen LogP contribution in [-0.2, 0) is 11.3 Å². The molecule has 5 N–H and O–H groups in total. The summed E-state index contributed by atoms with van der Waals surface area (Å²) >= 11 is 0. The number of ether oxygens (including phenoxy) is 1. The molecule has 0 saturated carbocycles. The van der Waals surface area contributed by atoms with Gasteiger partial charge in [-0.1, -0.05) is 42.5 Å². The lowest BCUT2D eigenvalue weighted by molar-refractivity contribution is -0.231. The highest BCUT2D eigenvalue weighted by Gasteiger charge is 2.43. The summed E-state index contributed by atoms with van der Waals surface area (Å²) < 4.78 is 5.60. The Morgan fingerprint density at radius 1 is 0.840 bits per heavy atom. The Morgan fingerprint density at radius 3 is 2.32 bits per heavy atom. The molecular formula is C19H22O6. The molecule has 0 radical (unpaired) electrons. The predicted octanol–water partition coefficient (Wildman–Crippen LogP) is 0.361. The van der Waals surface area contributed by atoms with Crippen molar-refractivity contribution < 1.29 is 30.3 Å². The molecule has 0 amide bonds. The molecule has 1 heterocycles. The van der Waals surface area contributed by atoms with Crippen LogP contribution < -0.4 is 0 Å². The number of hydrogen-bond acceptors (Lipinski definition) is 6. The zero-order valence-corrected chi connectivity index (χ0v) is 13.6.